The molecule has 0 N–H and O–H groups in total. The highest BCUT2D eigenvalue weighted by Crippen LogP contribution is 2.07. The second-order valence-electron chi connectivity index (χ2n) is 4.38. The maximum atomic E-state index is 11.2. The maximum Gasteiger partial charge on any atom is 0.253 e. The van der Waals surface area contributed by atoms with E-state index in [1.54, 1.807) is 0 Å². The summed E-state index contributed by atoms with van der Waals surface area (Å²) in [6, 6.07) is 0. The van der Waals surface area contributed by atoms with Gasteiger partial charge < -0.3 is 4.90 Å². The third-order valence-corrected chi connectivity index (χ3v) is 2.64. The molecule has 0 radical (unpaired) electrons. The number of carbonyl (C=O) groups is 2. The van der Waals surface area contributed by atoms with Gasteiger partial charge in [-0.1, -0.05) is 12.8 Å². The average Bonchev–Trinajstić information content (AvgIpc) is 2.53. The van der Waals surface area contributed by atoms with Gasteiger partial charge in [0.15, 0.2) is 0 Å². The van der Waals surface area contributed by atoms with Crippen LogP contribution in [0.1, 0.15) is 25.7 Å². The molecule has 0 spiro atoms. The van der Waals surface area contributed by atoms with Gasteiger partial charge in [-0.25, -0.2) is 0 Å². The van der Waals surface area contributed by atoms with Crippen molar-refractivity contribution < 1.29 is 9.59 Å². The summed E-state index contributed by atoms with van der Waals surface area (Å²) >= 11 is 0. The minimum absolute atomic E-state index is 0.168. The van der Waals surface area contributed by atoms with Gasteiger partial charge in [-0.05, 0) is 33.5 Å². The van der Waals surface area contributed by atoms with E-state index in [2.05, 4.69) is 19.0 Å². The summed E-state index contributed by atoms with van der Waals surface area (Å²) in [5, 5.41) is 0. The molecule has 0 unspecified atom stereocenters. The minimum atomic E-state index is -0.168. The molecule has 0 bridgehead atoms. The van der Waals surface area contributed by atoms with Crippen LogP contribution in [0.2, 0.25) is 0 Å². The molecule has 0 aromatic carbocycles. The number of amides is 2. The molecule has 1 aliphatic heterocycles. The van der Waals surface area contributed by atoms with E-state index in [0.29, 0.717) is 6.54 Å². The average molecular weight is 224 g/mol. The Balaban J connectivity index is 2.03. The van der Waals surface area contributed by atoms with Gasteiger partial charge in [-0.3, -0.25) is 14.5 Å². The zero-order chi connectivity index (χ0) is 12.0. The van der Waals surface area contributed by atoms with Gasteiger partial charge >= 0.3 is 0 Å². The minimum Gasteiger partial charge on any atom is -0.309 e. The van der Waals surface area contributed by atoms with Crippen LogP contribution in [0, 0.1) is 0 Å². The second kappa shape index (κ2) is 6.43. The molecule has 4 heteroatoms. The molecule has 1 rings (SSSR count). The van der Waals surface area contributed by atoms with Crippen molar-refractivity contribution in [3.63, 3.8) is 0 Å². The zero-order valence-corrected chi connectivity index (χ0v) is 10.1. The molecule has 1 aliphatic rings. The summed E-state index contributed by atoms with van der Waals surface area (Å²) < 4.78 is 0. The first kappa shape index (κ1) is 12.9. The van der Waals surface area contributed by atoms with Crippen molar-refractivity contribution in [1.29, 1.82) is 0 Å². The van der Waals surface area contributed by atoms with Crippen LogP contribution in [-0.4, -0.2) is 48.8 Å². The lowest BCUT2D eigenvalue weighted by molar-refractivity contribution is -0.136. The maximum absolute atomic E-state index is 11.2. The van der Waals surface area contributed by atoms with Crippen LogP contribution < -0.4 is 0 Å². The summed E-state index contributed by atoms with van der Waals surface area (Å²) in [5.74, 6) is -0.336. The Kier molecular flexibility index (Phi) is 5.19. The van der Waals surface area contributed by atoms with E-state index in [1.807, 2.05) is 0 Å². The summed E-state index contributed by atoms with van der Waals surface area (Å²) in [4.78, 5) is 25.9. The predicted octanol–water partition coefficient (Wildman–Crippen LogP) is 1.03. The molecule has 0 aliphatic carbocycles. The molecule has 2 amide bonds. The Morgan fingerprint density at radius 3 is 2.12 bits per heavy atom. The first-order valence-corrected chi connectivity index (χ1v) is 5.79. The standard InChI is InChI=1S/C12H20N2O2/c1-13(2)9-5-3-4-6-10-14-11(15)7-8-12(14)16/h7-8H,3-6,9-10H2,1-2H3. The van der Waals surface area contributed by atoms with E-state index in [0.717, 1.165) is 25.8 Å². The molecule has 0 fully saturated rings. The Labute approximate surface area is 96.9 Å². The molecule has 4 nitrogen and oxygen atoms in total. The highest BCUT2D eigenvalue weighted by atomic mass is 16.2. The van der Waals surface area contributed by atoms with E-state index in [4.69, 9.17) is 0 Å². The Bertz CT molecular complexity index is 267. The molecule has 0 aromatic heterocycles. The fraction of sp³-hybridized carbons (Fsp3) is 0.667. The number of rotatable bonds is 7. The van der Waals surface area contributed by atoms with E-state index in [1.165, 1.54) is 23.5 Å². The van der Waals surface area contributed by atoms with E-state index in [-0.39, 0.29) is 11.8 Å². The van der Waals surface area contributed by atoms with Crippen molar-refractivity contribution in [2.24, 2.45) is 0 Å². The van der Waals surface area contributed by atoms with Crippen molar-refractivity contribution in [3.8, 4) is 0 Å². The first-order chi connectivity index (χ1) is 7.61. The zero-order valence-electron chi connectivity index (χ0n) is 10.1. The van der Waals surface area contributed by atoms with Crippen LogP contribution in [0.5, 0.6) is 0 Å². The van der Waals surface area contributed by atoms with Crippen LogP contribution in [-0.2, 0) is 9.59 Å². The van der Waals surface area contributed by atoms with Crippen molar-refractivity contribution in [1.82, 2.24) is 9.80 Å². The lowest BCUT2D eigenvalue weighted by Crippen LogP contribution is -2.30. The topological polar surface area (TPSA) is 40.6 Å². The number of hydrogen-bond acceptors (Lipinski definition) is 3. The molecule has 1 heterocycles. The second-order valence-corrected chi connectivity index (χ2v) is 4.38. The largest absolute Gasteiger partial charge is 0.309 e. The highest BCUT2D eigenvalue weighted by molar-refractivity contribution is 6.12. The quantitative estimate of drug-likeness (QED) is 0.479. The van der Waals surface area contributed by atoms with Crippen LogP contribution in [0.25, 0.3) is 0 Å². The van der Waals surface area contributed by atoms with Crippen LogP contribution in [0.3, 0.4) is 0 Å². The van der Waals surface area contributed by atoms with E-state index < -0.39 is 0 Å². The summed E-state index contributed by atoms with van der Waals surface area (Å²) in [6.07, 6.45) is 7.00. The Morgan fingerprint density at radius 1 is 1.00 bits per heavy atom. The van der Waals surface area contributed by atoms with Crippen molar-refractivity contribution in [3.05, 3.63) is 12.2 Å². The van der Waals surface area contributed by atoms with Gasteiger partial charge in [0.25, 0.3) is 11.8 Å². The van der Waals surface area contributed by atoms with Gasteiger partial charge in [-0.15, -0.1) is 0 Å². The molecule has 0 atom stereocenters. The smallest absolute Gasteiger partial charge is 0.253 e. The Morgan fingerprint density at radius 2 is 1.56 bits per heavy atom. The highest BCUT2D eigenvalue weighted by Gasteiger charge is 2.21. The molecular weight excluding hydrogens is 204 g/mol. The molecule has 90 valence electrons. The summed E-state index contributed by atoms with van der Waals surface area (Å²) in [5.41, 5.74) is 0. The van der Waals surface area contributed by atoms with Gasteiger partial charge in [0.1, 0.15) is 0 Å². The third-order valence-electron chi connectivity index (χ3n) is 2.64. The normalized spacial score (nSPS) is 15.6. The summed E-state index contributed by atoms with van der Waals surface area (Å²) in [7, 11) is 4.13. The molecule has 16 heavy (non-hydrogen) atoms. The number of unbranched alkanes of at least 4 members (excludes halogenated alkanes) is 3. The van der Waals surface area contributed by atoms with E-state index >= 15 is 0 Å². The van der Waals surface area contributed by atoms with Gasteiger partial charge in [0, 0.05) is 18.7 Å². The number of imide groups is 1. The molecular formula is C12H20N2O2. The van der Waals surface area contributed by atoms with Gasteiger partial charge in [0.2, 0.25) is 0 Å². The van der Waals surface area contributed by atoms with Crippen molar-refractivity contribution in [2.75, 3.05) is 27.2 Å². The lowest BCUT2D eigenvalue weighted by atomic mass is 10.2. The van der Waals surface area contributed by atoms with E-state index in [9.17, 15) is 9.59 Å². The molecule has 0 saturated carbocycles. The SMILES string of the molecule is CN(C)CCCCCCN1C(=O)C=CC1=O. The lowest BCUT2D eigenvalue weighted by Gasteiger charge is -2.13. The van der Waals surface area contributed by atoms with Crippen LogP contribution >= 0.6 is 0 Å². The van der Waals surface area contributed by atoms with Crippen molar-refractivity contribution in [2.45, 2.75) is 25.7 Å². The van der Waals surface area contributed by atoms with Crippen LogP contribution in [0.15, 0.2) is 12.2 Å². The molecule has 0 aromatic rings. The fourth-order valence-corrected chi connectivity index (χ4v) is 1.70. The third kappa shape index (κ3) is 4.14. The summed E-state index contributed by atoms with van der Waals surface area (Å²) in [6.45, 7) is 1.66. The predicted molar refractivity (Wildman–Crippen MR) is 62.9 cm³/mol. The fourth-order valence-electron chi connectivity index (χ4n) is 1.70. The van der Waals surface area contributed by atoms with Crippen molar-refractivity contribution >= 4 is 11.8 Å². The Hall–Kier alpha value is -1.16. The van der Waals surface area contributed by atoms with Crippen LogP contribution in [0.4, 0.5) is 0 Å². The number of hydrogen-bond donors (Lipinski definition) is 0. The first-order valence-electron chi connectivity index (χ1n) is 5.79. The number of carbonyl (C=O) groups excluding carboxylic acids is 2. The molecule has 0 saturated heterocycles. The number of nitrogens with zero attached hydrogens (tertiary/aromatic N) is 2. The van der Waals surface area contributed by atoms with Gasteiger partial charge in [-0.2, -0.15) is 0 Å². The monoisotopic (exact) mass is 224 g/mol. The van der Waals surface area contributed by atoms with Gasteiger partial charge in [0.05, 0.1) is 0 Å².